The molecule has 0 spiro atoms. The number of nitrogens with one attached hydrogen (secondary N) is 1. The number of anilines is 1. The molecule has 1 atom stereocenters. The van der Waals surface area contributed by atoms with E-state index in [0.717, 1.165) is 42.2 Å². The zero-order chi connectivity index (χ0) is 16.7. The smallest absolute Gasteiger partial charge is 0.281 e. The van der Waals surface area contributed by atoms with E-state index in [2.05, 4.69) is 15.2 Å². The van der Waals surface area contributed by atoms with Crippen molar-refractivity contribution in [1.29, 1.82) is 0 Å². The second-order valence-corrected chi connectivity index (χ2v) is 7.16. The Hall–Kier alpha value is -2.03. The summed E-state index contributed by atoms with van der Waals surface area (Å²) < 4.78 is 0. The summed E-state index contributed by atoms with van der Waals surface area (Å²) >= 11 is 1.35. The van der Waals surface area contributed by atoms with E-state index >= 15 is 0 Å². The molecular formula is C16H18N4O3S. The normalized spacial score (nSPS) is 20.2. The average Bonchev–Trinajstić information content (AvgIpc) is 3.24. The minimum atomic E-state index is -0.595. The quantitative estimate of drug-likeness (QED) is 0.655. The van der Waals surface area contributed by atoms with E-state index < -0.39 is 6.10 Å². The lowest BCUT2D eigenvalue weighted by atomic mass is 10.1. The van der Waals surface area contributed by atoms with Crippen LogP contribution >= 0.6 is 11.3 Å². The molecule has 1 aromatic heterocycles. The largest absolute Gasteiger partial charge is 0.386 e. The van der Waals surface area contributed by atoms with Gasteiger partial charge in [0.05, 0.1) is 21.1 Å². The number of rotatable bonds is 3. The maximum atomic E-state index is 11.6. The molecule has 2 aliphatic rings. The summed E-state index contributed by atoms with van der Waals surface area (Å²) in [5.74, 6) is 0. The highest BCUT2D eigenvalue weighted by atomic mass is 32.1. The summed E-state index contributed by atoms with van der Waals surface area (Å²) in [6.07, 6.45) is 1.65. The van der Waals surface area contributed by atoms with Crippen molar-refractivity contribution in [3.63, 3.8) is 0 Å². The zero-order valence-electron chi connectivity index (χ0n) is 13.1. The molecule has 1 aromatic carbocycles. The van der Waals surface area contributed by atoms with Gasteiger partial charge in [0.15, 0.2) is 0 Å². The number of aliphatic hydroxyl groups excluding tert-OH is 1. The molecule has 126 valence electrons. The Labute approximate surface area is 143 Å². The lowest BCUT2D eigenvalue weighted by molar-refractivity contribution is -0.384. The summed E-state index contributed by atoms with van der Waals surface area (Å²) in [6, 6.07) is 5.37. The van der Waals surface area contributed by atoms with Gasteiger partial charge in [-0.05, 0) is 25.0 Å². The van der Waals surface area contributed by atoms with Crippen molar-refractivity contribution in [1.82, 2.24) is 10.3 Å². The Balaban J connectivity index is 1.76. The Morgan fingerprint density at radius 3 is 2.88 bits per heavy atom. The molecule has 8 heteroatoms. The van der Waals surface area contributed by atoms with E-state index in [4.69, 9.17) is 0 Å². The first-order chi connectivity index (χ1) is 11.6. The first kappa shape index (κ1) is 15.5. The van der Waals surface area contributed by atoms with Crippen LogP contribution in [0.5, 0.6) is 0 Å². The second-order valence-electron chi connectivity index (χ2n) is 6.13. The van der Waals surface area contributed by atoms with Gasteiger partial charge >= 0.3 is 0 Å². The standard InChI is InChI=1S/C16H18N4O3S/c21-14-9-17-8-12-15(14)24-16(18-12)11-4-3-10(7-13(11)20(22)23)19-5-1-2-6-19/h3-4,7,14,17,21H,1-2,5-6,8-9H2. The van der Waals surface area contributed by atoms with Crippen molar-refractivity contribution in [2.75, 3.05) is 24.5 Å². The van der Waals surface area contributed by atoms with Crippen LogP contribution in [-0.2, 0) is 6.54 Å². The molecule has 4 rings (SSSR count). The number of aromatic nitrogens is 1. The molecule has 1 saturated heterocycles. The van der Waals surface area contributed by atoms with Gasteiger partial charge in [-0.15, -0.1) is 11.3 Å². The van der Waals surface area contributed by atoms with E-state index in [0.29, 0.717) is 23.7 Å². The topological polar surface area (TPSA) is 91.5 Å². The van der Waals surface area contributed by atoms with Crippen molar-refractivity contribution in [3.05, 3.63) is 38.9 Å². The van der Waals surface area contributed by atoms with Gasteiger partial charge in [0.25, 0.3) is 5.69 Å². The summed E-state index contributed by atoms with van der Waals surface area (Å²) in [5.41, 5.74) is 2.28. The van der Waals surface area contributed by atoms with E-state index in [1.165, 1.54) is 11.3 Å². The summed E-state index contributed by atoms with van der Waals surface area (Å²) in [5, 5.41) is 25.3. The van der Waals surface area contributed by atoms with Crippen LogP contribution in [-0.4, -0.2) is 34.6 Å². The van der Waals surface area contributed by atoms with E-state index in [-0.39, 0.29) is 10.6 Å². The molecule has 0 bridgehead atoms. The maximum Gasteiger partial charge on any atom is 0.281 e. The highest BCUT2D eigenvalue weighted by Crippen LogP contribution is 2.39. The third-order valence-corrected chi connectivity index (χ3v) is 5.77. The van der Waals surface area contributed by atoms with Crippen molar-refractivity contribution in [3.8, 4) is 10.6 Å². The van der Waals surface area contributed by atoms with Gasteiger partial charge in [0.2, 0.25) is 0 Å². The van der Waals surface area contributed by atoms with Gasteiger partial charge in [-0.1, -0.05) is 0 Å². The van der Waals surface area contributed by atoms with Crippen LogP contribution in [0.3, 0.4) is 0 Å². The fourth-order valence-corrected chi connectivity index (χ4v) is 4.41. The molecule has 0 aliphatic carbocycles. The summed E-state index contributed by atoms with van der Waals surface area (Å²) in [6.45, 7) is 2.97. The molecule has 0 saturated carbocycles. The van der Waals surface area contributed by atoms with Crippen LogP contribution in [0.25, 0.3) is 10.6 Å². The van der Waals surface area contributed by atoms with Gasteiger partial charge in [-0.2, -0.15) is 0 Å². The molecule has 1 fully saturated rings. The Morgan fingerprint density at radius 2 is 2.17 bits per heavy atom. The van der Waals surface area contributed by atoms with E-state index in [1.54, 1.807) is 12.1 Å². The number of fused-ring (bicyclic) bond motifs is 1. The minimum absolute atomic E-state index is 0.0768. The maximum absolute atomic E-state index is 11.6. The third kappa shape index (κ3) is 2.66. The number of β-amino-alcohol motifs (C(OH)–C–C–N with tert-alkyl or cyclic N) is 1. The highest BCUT2D eigenvalue weighted by Gasteiger charge is 2.27. The number of aliphatic hydroxyl groups is 1. The van der Waals surface area contributed by atoms with E-state index in [9.17, 15) is 15.2 Å². The Morgan fingerprint density at radius 1 is 1.38 bits per heavy atom. The van der Waals surface area contributed by atoms with Gasteiger partial charge in [-0.25, -0.2) is 4.98 Å². The van der Waals surface area contributed by atoms with Gasteiger partial charge < -0.3 is 15.3 Å². The SMILES string of the molecule is O=[N+]([O-])c1cc(N2CCCC2)ccc1-c1nc2c(s1)C(O)CNC2. The van der Waals surface area contributed by atoms with Crippen LogP contribution in [0.15, 0.2) is 18.2 Å². The van der Waals surface area contributed by atoms with Crippen molar-refractivity contribution in [2.45, 2.75) is 25.5 Å². The lowest BCUT2D eigenvalue weighted by Gasteiger charge is -2.17. The monoisotopic (exact) mass is 346 g/mol. The molecule has 2 aromatic rings. The van der Waals surface area contributed by atoms with Crippen LogP contribution in [0, 0.1) is 10.1 Å². The predicted molar refractivity (Wildman–Crippen MR) is 92.3 cm³/mol. The zero-order valence-corrected chi connectivity index (χ0v) is 13.9. The molecule has 1 unspecified atom stereocenters. The first-order valence-corrected chi connectivity index (χ1v) is 8.87. The predicted octanol–water partition coefficient (Wildman–Crippen LogP) is 2.46. The molecule has 0 radical (unpaired) electrons. The van der Waals surface area contributed by atoms with Gasteiger partial charge in [0, 0.05) is 37.9 Å². The Kier molecular flexibility index (Phi) is 3.95. The number of hydrogen-bond acceptors (Lipinski definition) is 7. The molecule has 7 nitrogen and oxygen atoms in total. The minimum Gasteiger partial charge on any atom is -0.386 e. The van der Waals surface area contributed by atoms with Crippen molar-refractivity contribution in [2.24, 2.45) is 0 Å². The van der Waals surface area contributed by atoms with E-state index in [1.807, 2.05) is 6.07 Å². The van der Waals surface area contributed by atoms with Crippen molar-refractivity contribution >= 4 is 22.7 Å². The fraction of sp³-hybridized carbons (Fsp3) is 0.438. The van der Waals surface area contributed by atoms with Crippen molar-refractivity contribution < 1.29 is 10.0 Å². The fourth-order valence-electron chi connectivity index (χ4n) is 3.31. The number of nitro benzene ring substituents is 1. The van der Waals surface area contributed by atoms with Crippen LogP contribution < -0.4 is 10.2 Å². The number of nitrogens with zero attached hydrogens (tertiary/aromatic N) is 3. The third-order valence-electron chi connectivity index (χ3n) is 4.54. The molecular weight excluding hydrogens is 328 g/mol. The first-order valence-electron chi connectivity index (χ1n) is 8.05. The van der Waals surface area contributed by atoms with Crippen LogP contribution in [0.1, 0.15) is 29.5 Å². The summed E-state index contributed by atoms with van der Waals surface area (Å²) in [7, 11) is 0. The number of benzene rings is 1. The molecule has 2 N–H and O–H groups in total. The summed E-state index contributed by atoms with van der Waals surface area (Å²) in [4.78, 5) is 18.7. The van der Waals surface area contributed by atoms with Gasteiger partial charge in [0.1, 0.15) is 11.1 Å². The van der Waals surface area contributed by atoms with Crippen LogP contribution in [0.4, 0.5) is 11.4 Å². The molecule has 3 heterocycles. The number of thiazole rings is 1. The number of hydrogen-bond donors (Lipinski definition) is 2. The van der Waals surface area contributed by atoms with Crippen LogP contribution in [0.2, 0.25) is 0 Å². The Bertz CT molecular complexity index is 786. The highest BCUT2D eigenvalue weighted by molar-refractivity contribution is 7.15. The molecule has 2 aliphatic heterocycles. The molecule has 24 heavy (non-hydrogen) atoms. The second kappa shape index (κ2) is 6.12. The molecule has 0 amide bonds. The average molecular weight is 346 g/mol. The lowest BCUT2D eigenvalue weighted by Crippen LogP contribution is -2.26. The number of nitro groups is 1. The van der Waals surface area contributed by atoms with Gasteiger partial charge in [-0.3, -0.25) is 10.1 Å².